The zero-order chi connectivity index (χ0) is 10.7. The minimum absolute atomic E-state index is 0.578. The molecule has 0 N–H and O–H groups in total. The molecule has 1 aliphatic heterocycles. The third-order valence-corrected chi connectivity index (χ3v) is 2.97. The van der Waals surface area contributed by atoms with E-state index in [2.05, 4.69) is 16.8 Å². The Morgan fingerprint density at radius 3 is 2.93 bits per heavy atom. The molecule has 0 radical (unpaired) electrons. The minimum atomic E-state index is 0.578. The van der Waals surface area contributed by atoms with E-state index in [1.807, 2.05) is 6.07 Å². The Morgan fingerprint density at radius 1 is 1.53 bits per heavy atom. The molecule has 1 aromatic heterocycles. The van der Waals surface area contributed by atoms with E-state index in [0.29, 0.717) is 11.9 Å². The van der Waals surface area contributed by atoms with Gasteiger partial charge >= 0.3 is 0 Å². The molecule has 3 nitrogen and oxygen atoms in total. The number of hydrogen-bond acceptors (Lipinski definition) is 3. The molecule has 0 spiro atoms. The maximum Gasteiger partial charge on any atom is 0.142 e. The van der Waals surface area contributed by atoms with Gasteiger partial charge in [-0.05, 0) is 24.5 Å². The van der Waals surface area contributed by atoms with Gasteiger partial charge in [0, 0.05) is 13.1 Å². The van der Waals surface area contributed by atoms with Crippen LogP contribution in [0.5, 0.6) is 5.75 Å². The molecule has 2 heterocycles. The molecular weight excluding hydrogens is 212 g/mol. The van der Waals surface area contributed by atoms with Crippen molar-refractivity contribution in [2.45, 2.75) is 19.8 Å². The summed E-state index contributed by atoms with van der Waals surface area (Å²) in [6, 6.07) is 1.97. The van der Waals surface area contributed by atoms with Crippen LogP contribution < -0.4 is 4.74 Å². The molecule has 15 heavy (non-hydrogen) atoms. The lowest BCUT2D eigenvalue weighted by Gasteiger charge is -2.30. The zero-order valence-electron chi connectivity index (χ0n) is 8.87. The molecule has 0 aliphatic carbocycles. The van der Waals surface area contributed by atoms with Crippen LogP contribution >= 0.6 is 11.6 Å². The predicted octanol–water partition coefficient (Wildman–Crippen LogP) is 2.34. The normalized spacial score (nSPS) is 16.1. The van der Waals surface area contributed by atoms with Crippen molar-refractivity contribution in [3.8, 4) is 5.75 Å². The summed E-state index contributed by atoms with van der Waals surface area (Å²) in [5, 5.41) is 0.578. The van der Waals surface area contributed by atoms with Crippen molar-refractivity contribution in [2.24, 2.45) is 0 Å². The quantitative estimate of drug-likeness (QED) is 0.737. The lowest BCUT2D eigenvalue weighted by Crippen LogP contribution is -2.39. The smallest absolute Gasteiger partial charge is 0.142 e. The monoisotopic (exact) mass is 226 g/mol. The Balaban J connectivity index is 1.95. The summed E-state index contributed by atoms with van der Waals surface area (Å²) < 4.78 is 5.61. The second kappa shape index (κ2) is 4.81. The van der Waals surface area contributed by atoms with Crippen LogP contribution in [0, 0.1) is 0 Å². The van der Waals surface area contributed by atoms with E-state index in [-0.39, 0.29) is 0 Å². The fourth-order valence-corrected chi connectivity index (χ4v) is 1.71. The molecule has 1 fully saturated rings. The van der Waals surface area contributed by atoms with Crippen molar-refractivity contribution in [3.63, 3.8) is 0 Å². The van der Waals surface area contributed by atoms with Crippen LogP contribution in [0.2, 0.25) is 5.15 Å². The van der Waals surface area contributed by atoms with Gasteiger partial charge in [0.05, 0.1) is 6.20 Å². The van der Waals surface area contributed by atoms with Crippen molar-refractivity contribution >= 4 is 11.6 Å². The Hall–Kier alpha value is -0.800. The Bertz CT molecular complexity index is 339. The number of hydrogen-bond donors (Lipinski definition) is 0. The fraction of sp³-hybridized carbons (Fsp3) is 0.545. The Labute approximate surface area is 95.0 Å². The molecular formula is C11H15ClN2O. The lowest BCUT2D eigenvalue weighted by molar-refractivity contribution is 0.0728. The van der Waals surface area contributed by atoms with Crippen LogP contribution in [0.25, 0.3) is 0 Å². The molecule has 1 aromatic rings. The number of aromatic nitrogens is 1. The number of nitrogens with zero attached hydrogens (tertiary/aromatic N) is 2. The van der Waals surface area contributed by atoms with Crippen molar-refractivity contribution in [2.75, 3.05) is 19.8 Å². The van der Waals surface area contributed by atoms with E-state index in [0.717, 1.165) is 30.8 Å². The second-order valence-electron chi connectivity index (χ2n) is 3.72. The van der Waals surface area contributed by atoms with Gasteiger partial charge in [0.15, 0.2) is 0 Å². The van der Waals surface area contributed by atoms with Gasteiger partial charge in [-0.2, -0.15) is 0 Å². The molecule has 1 saturated heterocycles. The lowest BCUT2D eigenvalue weighted by atomic mass is 10.2. The van der Waals surface area contributed by atoms with Crippen LogP contribution in [-0.4, -0.2) is 29.7 Å². The number of likely N-dealkylation sites (tertiary alicyclic amines) is 1. The van der Waals surface area contributed by atoms with Gasteiger partial charge in [-0.1, -0.05) is 18.5 Å². The fourth-order valence-electron chi connectivity index (χ4n) is 1.48. The highest BCUT2D eigenvalue weighted by Crippen LogP contribution is 2.20. The molecule has 0 unspecified atom stereocenters. The van der Waals surface area contributed by atoms with Gasteiger partial charge in [0.1, 0.15) is 17.6 Å². The molecule has 0 amide bonds. The molecule has 4 heteroatoms. The second-order valence-corrected chi connectivity index (χ2v) is 4.08. The minimum Gasteiger partial charge on any atom is -0.477 e. The number of pyridine rings is 1. The molecule has 82 valence electrons. The van der Waals surface area contributed by atoms with Gasteiger partial charge in [0.25, 0.3) is 0 Å². The summed E-state index contributed by atoms with van der Waals surface area (Å²) >= 11 is 5.92. The molecule has 2 rings (SSSR count). The van der Waals surface area contributed by atoms with Crippen LogP contribution in [0.1, 0.15) is 18.9 Å². The number of rotatable bonds is 4. The van der Waals surface area contributed by atoms with Gasteiger partial charge in [-0.15, -0.1) is 0 Å². The topological polar surface area (TPSA) is 25.4 Å². The van der Waals surface area contributed by atoms with Crippen molar-refractivity contribution in [3.05, 3.63) is 23.0 Å². The van der Waals surface area contributed by atoms with Crippen LogP contribution in [0.4, 0.5) is 0 Å². The predicted molar refractivity (Wildman–Crippen MR) is 60.3 cm³/mol. The first-order valence-electron chi connectivity index (χ1n) is 5.29. The Kier molecular flexibility index (Phi) is 3.44. The molecule has 0 atom stereocenters. The third-order valence-electron chi connectivity index (χ3n) is 2.63. The molecule has 0 aromatic carbocycles. The van der Waals surface area contributed by atoms with Gasteiger partial charge < -0.3 is 4.74 Å². The average Bonchev–Trinajstić information content (AvgIpc) is 2.18. The summed E-state index contributed by atoms with van der Waals surface area (Å²) in [4.78, 5) is 6.34. The molecule has 1 aliphatic rings. The Morgan fingerprint density at radius 2 is 2.33 bits per heavy atom. The van der Waals surface area contributed by atoms with E-state index < -0.39 is 0 Å². The zero-order valence-corrected chi connectivity index (χ0v) is 9.63. The molecule has 0 bridgehead atoms. The summed E-state index contributed by atoms with van der Waals surface area (Å²) in [6.45, 7) is 5.00. The van der Waals surface area contributed by atoms with Crippen LogP contribution in [0.3, 0.4) is 0 Å². The van der Waals surface area contributed by atoms with Gasteiger partial charge in [0.2, 0.25) is 0 Å². The summed E-state index contributed by atoms with van der Waals surface area (Å²) in [6.07, 6.45) is 3.84. The van der Waals surface area contributed by atoms with E-state index in [1.54, 1.807) is 6.20 Å². The number of halogens is 1. The van der Waals surface area contributed by atoms with Crippen molar-refractivity contribution < 1.29 is 4.74 Å². The highest BCUT2D eigenvalue weighted by atomic mass is 35.5. The summed E-state index contributed by atoms with van der Waals surface area (Å²) in [5.41, 5.74) is 1.04. The first-order chi connectivity index (χ1) is 7.29. The van der Waals surface area contributed by atoms with Crippen molar-refractivity contribution in [1.82, 2.24) is 9.88 Å². The summed E-state index contributed by atoms with van der Waals surface area (Å²) in [5.74, 6) is 0.808. The van der Waals surface area contributed by atoms with E-state index >= 15 is 0 Å². The van der Waals surface area contributed by atoms with E-state index in [9.17, 15) is 0 Å². The van der Waals surface area contributed by atoms with Gasteiger partial charge in [-0.25, -0.2) is 4.98 Å². The average molecular weight is 227 g/mol. The van der Waals surface area contributed by atoms with E-state index in [1.165, 1.54) is 6.42 Å². The van der Waals surface area contributed by atoms with Crippen LogP contribution in [0.15, 0.2) is 12.3 Å². The standard InChI is InChI=1S/C11H15ClN2O/c1-2-9-6-10(7-13-11(9)12)15-8-14-4-3-5-14/h6-7H,2-5,8H2,1H3. The molecule has 0 saturated carbocycles. The summed E-state index contributed by atoms with van der Waals surface area (Å²) in [7, 11) is 0. The highest BCUT2D eigenvalue weighted by Gasteiger charge is 2.13. The maximum atomic E-state index is 5.92. The van der Waals surface area contributed by atoms with Gasteiger partial charge in [-0.3, -0.25) is 4.90 Å². The number of aryl methyl sites for hydroxylation is 1. The first-order valence-corrected chi connectivity index (χ1v) is 5.67. The van der Waals surface area contributed by atoms with Crippen molar-refractivity contribution in [1.29, 1.82) is 0 Å². The third kappa shape index (κ3) is 2.61. The SMILES string of the molecule is CCc1cc(OCN2CCC2)cnc1Cl. The maximum absolute atomic E-state index is 5.92. The van der Waals surface area contributed by atoms with Crippen LogP contribution in [-0.2, 0) is 6.42 Å². The largest absolute Gasteiger partial charge is 0.477 e. The first kappa shape index (κ1) is 10.7. The number of ether oxygens (including phenoxy) is 1. The van der Waals surface area contributed by atoms with E-state index in [4.69, 9.17) is 16.3 Å². The highest BCUT2D eigenvalue weighted by molar-refractivity contribution is 6.30.